The number of halogens is 6. The summed E-state index contributed by atoms with van der Waals surface area (Å²) in [5.74, 6) is -1.75. The van der Waals surface area contributed by atoms with Gasteiger partial charge in [-0.05, 0) is 19.9 Å². The lowest BCUT2D eigenvalue weighted by Gasteiger charge is -2.31. The summed E-state index contributed by atoms with van der Waals surface area (Å²) in [7, 11) is -3.36. The minimum atomic E-state index is -4.84. The Kier molecular flexibility index (Phi) is 6.75. The predicted octanol–water partition coefficient (Wildman–Crippen LogP) is 4.84. The van der Waals surface area contributed by atoms with Crippen LogP contribution in [0.15, 0.2) is 24.3 Å². The number of nitrogens with zero attached hydrogens (tertiary/aromatic N) is 4. The number of sulfone groups is 1. The van der Waals surface area contributed by atoms with E-state index < -0.39 is 45.6 Å². The summed E-state index contributed by atoms with van der Waals surface area (Å²) in [4.78, 5) is 5.12. The molecule has 1 N–H and O–H groups in total. The topological polar surface area (TPSA) is 88.1 Å². The summed E-state index contributed by atoms with van der Waals surface area (Å²) in [5, 5.41) is 10.8. The lowest BCUT2D eigenvalue weighted by Crippen LogP contribution is -2.41. The maximum atomic E-state index is 14.7. The van der Waals surface area contributed by atoms with Crippen LogP contribution in [0.2, 0.25) is 0 Å². The Balaban J connectivity index is 1.81. The SMILES string of the molecule is Cc1nnc(N[C@H](C)c2cccc(C(F)F)c2F)c2cc(N3CCS(=O)(=O)CC3)c(C(F)(F)F)nc12. The molecule has 1 fully saturated rings. The second-order valence-corrected chi connectivity index (χ2v) is 10.7. The molecule has 3 aromatic rings. The first-order valence-electron chi connectivity index (χ1n) is 10.8. The Morgan fingerprint density at radius 3 is 2.33 bits per heavy atom. The van der Waals surface area contributed by atoms with Crippen LogP contribution in [0.3, 0.4) is 0 Å². The smallest absolute Gasteiger partial charge is 0.368 e. The van der Waals surface area contributed by atoms with E-state index in [4.69, 9.17) is 0 Å². The van der Waals surface area contributed by atoms with Gasteiger partial charge in [0.25, 0.3) is 6.43 Å². The van der Waals surface area contributed by atoms with Gasteiger partial charge in [0.1, 0.15) is 5.82 Å². The Hall–Kier alpha value is -3.16. The highest BCUT2D eigenvalue weighted by atomic mass is 32.2. The molecule has 0 spiro atoms. The maximum Gasteiger partial charge on any atom is 0.435 e. The molecule has 4 rings (SSSR count). The van der Waals surface area contributed by atoms with Gasteiger partial charge in [0.2, 0.25) is 0 Å². The molecule has 0 amide bonds. The van der Waals surface area contributed by atoms with Crippen LogP contribution in [0.5, 0.6) is 0 Å². The second kappa shape index (κ2) is 9.37. The van der Waals surface area contributed by atoms with Gasteiger partial charge in [-0.25, -0.2) is 26.6 Å². The highest BCUT2D eigenvalue weighted by Crippen LogP contribution is 2.39. The van der Waals surface area contributed by atoms with E-state index in [2.05, 4.69) is 20.5 Å². The zero-order valence-electron chi connectivity index (χ0n) is 19.1. The molecule has 1 aliphatic rings. The highest BCUT2D eigenvalue weighted by Gasteiger charge is 2.39. The molecule has 194 valence electrons. The maximum absolute atomic E-state index is 14.7. The molecule has 7 nitrogen and oxygen atoms in total. The van der Waals surface area contributed by atoms with Crippen molar-refractivity contribution in [1.29, 1.82) is 0 Å². The average Bonchev–Trinajstić information content (AvgIpc) is 2.79. The van der Waals surface area contributed by atoms with Gasteiger partial charge >= 0.3 is 6.18 Å². The zero-order chi connectivity index (χ0) is 26.4. The number of fused-ring (bicyclic) bond motifs is 1. The van der Waals surface area contributed by atoms with E-state index in [0.717, 1.165) is 6.07 Å². The van der Waals surface area contributed by atoms with Gasteiger partial charge in [0.15, 0.2) is 21.3 Å². The number of aryl methyl sites for hydroxylation is 1. The number of nitrogens with one attached hydrogen (secondary N) is 1. The van der Waals surface area contributed by atoms with Crippen molar-refractivity contribution in [3.8, 4) is 0 Å². The van der Waals surface area contributed by atoms with Crippen molar-refractivity contribution in [1.82, 2.24) is 15.2 Å². The van der Waals surface area contributed by atoms with Crippen molar-refractivity contribution >= 4 is 32.2 Å². The summed E-state index contributed by atoms with van der Waals surface area (Å²) in [6.07, 6.45) is -7.87. The summed E-state index contributed by atoms with van der Waals surface area (Å²) in [6.45, 7) is 2.60. The molecule has 14 heteroatoms. The van der Waals surface area contributed by atoms with E-state index in [9.17, 15) is 34.8 Å². The quantitative estimate of drug-likeness (QED) is 0.470. The van der Waals surface area contributed by atoms with Crippen LogP contribution in [0, 0.1) is 12.7 Å². The van der Waals surface area contributed by atoms with Crippen LogP contribution >= 0.6 is 0 Å². The number of hydrogen-bond acceptors (Lipinski definition) is 7. The molecule has 0 saturated carbocycles. The summed E-state index contributed by atoms with van der Waals surface area (Å²) in [6, 6.07) is 3.84. The van der Waals surface area contributed by atoms with Gasteiger partial charge in [-0.3, -0.25) is 0 Å². The first-order valence-corrected chi connectivity index (χ1v) is 12.6. The third kappa shape index (κ3) is 5.04. The minimum absolute atomic E-state index is 0.0305. The monoisotopic (exact) mass is 533 g/mol. The van der Waals surface area contributed by atoms with E-state index in [1.165, 1.54) is 36.9 Å². The molecule has 0 radical (unpaired) electrons. The molecule has 2 aromatic heterocycles. The third-order valence-electron chi connectivity index (χ3n) is 5.97. The Labute approximate surface area is 202 Å². The molecular formula is C22H21F6N5O2S. The molecule has 1 aliphatic heterocycles. The van der Waals surface area contributed by atoms with Crippen LogP contribution < -0.4 is 10.2 Å². The highest BCUT2D eigenvalue weighted by molar-refractivity contribution is 7.91. The second-order valence-electron chi connectivity index (χ2n) is 8.44. The molecule has 1 saturated heterocycles. The van der Waals surface area contributed by atoms with E-state index in [-0.39, 0.29) is 58.3 Å². The zero-order valence-corrected chi connectivity index (χ0v) is 19.9. The lowest BCUT2D eigenvalue weighted by molar-refractivity contribution is -0.140. The number of alkyl halides is 5. The van der Waals surface area contributed by atoms with Crippen LogP contribution in [0.1, 0.15) is 41.9 Å². The van der Waals surface area contributed by atoms with Crippen molar-refractivity contribution in [2.45, 2.75) is 32.5 Å². The fourth-order valence-electron chi connectivity index (χ4n) is 4.05. The van der Waals surface area contributed by atoms with Gasteiger partial charge in [-0.15, -0.1) is 5.10 Å². The lowest BCUT2D eigenvalue weighted by atomic mass is 10.0. The van der Waals surface area contributed by atoms with Gasteiger partial charge in [0, 0.05) is 24.0 Å². The average molecular weight is 533 g/mol. The first kappa shape index (κ1) is 25.9. The molecular weight excluding hydrogens is 512 g/mol. The Morgan fingerprint density at radius 1 is 1.08 bits per heavy atom. The van der Waals surface area contributed by atoms with E-state index in [1.807, 2.05) is 0 Å². The molecule has 1 atom stereocenters. The van der Waals surface area contributed by atoms with Crippen molar-refractivity contribution < 1.29 is 34.8 Å². The first-order chi connectivity index (χ1) is 16.8. The fourth-order valence-corrected chi connectivity index (χ4v) is 5.25. The molecule has 1 aromatic carbocycles. The molecule has 36 heavy (non-hydrogen) atoms. The van der Waals surface area contributed by atoms with Gasteiger partial charge < -0.3 is 10.2 Å². The van der Waals surface area contributed by atoms with Crippen molar-refractivity contribution in [3.05, 3.63) is 52.6 Å². The summed E-state index contributed by atoms with van der Waals surface area (Å²) in [5.41, 5.74) is -2.39. The minimum Gasteiger partial charge on any atom is -0.368 e. The number of hydrogen-bond donors (Lipinski definition) is 1. The number of benzene rings is 1. The third-order valence-corrected chi connectivity index (χ3v) is 7.58. The normalized spacial score (nSPS) is 17.0. The summed E-state index contributed by atoms with van der Waals surface area (Å²) < 4.78 is 106. The van der Waals surface area contributed by atoms with Crippen LogP contribution in [-0.4, -0.2) is 48.2 Å². The Morgan fingerprint density at radius 2 is 1.72 bits per heavy atom. The largest absolute Gasteiger partial charge is 0.435 e. The van der Waals surface area contributed by atoms with E-state index in [1.54, 1.807) is 0 Å². The van der Waals surface area contributed by atoms with Crippen LogP contribution in [-0.2, 0) is 16.0 Å². The van der Waals surface area contributed by atoms with E-state index >= 15 is 0 Å². The number of aromatic nitrogens is 3. The van der Waals surface area contributed by atoms with E-state index in [0.29, 0.717) is 0 Å². The Bertz CT molecular complexity index is 1400. The van der Waals surface area contributed by atoms with Gasteiger partial charge in [0.05, 0.1) is 40.0 Å². The molecule has 0 aliphatic carbocycles. The van der Waals surface area contributed by atoms with Crippen molar-refractivity contribution in [3.63, 3.8) is 0 Å². The predicted molar refractivity (Wildman–Crippen MR) is 121 cm³/mol. The molecule has 0 bridgehead atoms. The van der Waals surface area contributed by atoms with Crippen molar-refractivity contribution in [2.75, 3.05) is 34.8 Å². The number of anilines is 2. The van der Waals surface area contributed by atoms with Crippen LogP contribution in [0.25, 0.3) is 10.9 Å². The molecule has 0 unspecified atom stereocenters. The fraction of sp³-hybridized carbons (Fsp3) is 0.409. The number of rotatable bonds is 5. The number of pyridine rings is 1. The van der Waals surface area contributed by atoms with Gasteiger partial charge in [-0.2, -0.15) is 18.3 Å². The van der Waals surface area contributed by atoms with Crippen LogP contribution in [0.4, 0.5) is 37.8 Å². The molecule has 3 heterocycles. The van der Waals surface area contributed by atoms with Gasteiger partial charge in [-0.1, -0.05) is 18.2 Å². The summed E-state index contributed by atoms with van der Waals surface area (Å²) >= 11 is 0. The van der Waals surface area contributed by atoms with Crippen molar-refractivity contribution in [2.24, 2.45) is 0 Å². The standard InChI is InChI=1S/C22H21F6N5O2S/c1-11(13-4-3-5-14(17(13)23)20(24)25)29-21-15-10-16(33-6-8-36(34,35)9-7-33)19(22(26,27)28)30-18(15)12(2)31-32-21/h3-5,10-11,20H,6-9H2,1-2H3,(H,29,32)/t11-/m1/s1.